The van der Waals surface area contributed by atoms with Gasteiger partial charge in [0.2, 0.25) is 0 Å². The minimum absolute atomic E-state index is 0.137. The van der Waals surface area contributed by atoms with Crippen molar-refractivity contribution in [2.24, 2.45) is 5.92 Å². The van der Waals surface area contributed by atoms with E-state index in [1.807, 2.05) is 38.1 Å². The molecule has 0 saturated carbocycles. The van der Waals surface area contributed by atoms with E-state index in [-0.39, 0.29) is 23.1 Å². The number of amides is 2. The molecule has 0 bridgehead atoms. The molecule has 1 aromatic heterocycles. The molecule has 0 fully saturated rings. The van der Waals surface area contributed by atoms with Gasteiger partial charge >= 0.3 is 0 Å². The second-order valence-corrected chi connectivity index (χ2v) is 7.29. The van der Waals surface area contributed by atoms with E-state index in [1.165, 1.54) is 0 Å². The summed E-state index contributed by atoms with van der Waals surface area (Å²) in [6.07, 6.45) is 0.663. The summed E-state index contributed by atoms with van der Waals surface area (Å²) in [7, 11) is 0. The van der Waals surface area contributed by atoms with Crippen LogP contribution in [-0.2, 0) is 11.2 Å². The summed E-state index contributed by atoms with van der Waals surface area (Å²) in [5.74, 6) is -0.405. The number of ether oxygens (including phenoxy) is 1. The van der Waals surface area contributed by atoms with Crippen LogP contribution in [-0.4, -0.2) is 35.5 Å². The zero-order valence-corrected chi connectivity index (χ0v) is 18.0. The smallest absolute Gasteiger partial charge is 0.270 e. The summed E-state index contributed by atoms with van der Waals surface area (Å²) in [6, 6.07) is 10.9. The number of para-hydroxylation sites is 1. The molecule has 0 saturated heterocycles. The predicted octanol–water partition coefficient (Wildman–Crippen LogP) is 3.94. The number of rotatable bonds is 9. The van der Waals surface area contributed by atoms with E-state index in [0.717, 1.165) is 5.56 Å². The Labute approximate surface area is 174 Å². The highest BCUT2D eigenvalue weighted by atomic mass is 79.9. The van der Waals surface area contributed by atoms with Crippen molar-refractivity contribution in [1.29, 1.82) is 0 Å². The summed E-state index contributed by atoms with van der Waals surface area (Å²) in [6.45, 7) is 6.86. The molecular formula is C21H26BrN3O3. The second-order valence-electron chi connectivity index (χ2n) is 6.83. The van der Waals surface area contributed by atoms with Gasteiger partial charge < -0.3 is 15.4 Å². The van der Waals surface area contributed by atoms with Gasteiger partial charge in [0, 0.05) is 17.9 Å². The van der Waals surface area contributed by atoms with Gasteiger partial charge in [-0.15, -0.1) is 0 Å². The van der Waals surface area contributed by atoms with E-state index in [1.54, 1.807) is 19.1 Å². The molecule has 0 radical (unpaired) electrons. The highest BCUT2D eigenvalue weighted by Gasteiger charge is 2.20. The number of nitrogens with one attached hydrogen (secondary N) is 2. The lowest BCUT2D eigenvalue weighted by atomic mass is 10.1. The van der Waals surface area contributed by atoms with E-state index in [4.69, 9.17) is 4.74 Å². The van der Waals surface area contributed by atoms with Crippen molar-refractivity contribution in [3.8, 4) is 0 Å². The standard InChI is InChI=1S/C21H26BrN3O3/c1-14(2)12-23-21(27)19-17(9-8-15(3)24-19)20(26)25-18-7-5-4-6-16(18)10-11-28-13-22/h4-9,14H,10-13H2,1-3H3,(H,23,27)(H,25,26). The Bertz CT molecular complexity index is 824. The van der Waals surface area contributed by atoms with Crippen molar-refractivity contribution in [2.45, 2.75) is 27.2 Å². The van der Waals surface area contributed by atoms with Gasteiger partial charge in [-0.05, 0) is 43.0 Å². The molecule has 6 nitrogen and oxygen atoms in total. The van der Waals surface area contributed by atoms with E-state index < -0.39 is 0 Å². The lowest BCUT2D eigenvalue weighted by Crippen LogP contribution is -2.30. The van der Waals surface area contributed by atoms with Gasteiger partial charge in [0.1, 0.15) is 11.2 Å². The summed E-state index contributed by atoms with van der Waals surface area (Å²) in [5.41, 5.74) is 3.18. The van der Waals surface area contributed by atoms with E-state index in [0.29, 0.717) is 42.4 Å². The molecule has 2 rings (SSSR count). The number of benzene rings is 1. The van der Waals surface area contributed by atoms with Gasteiger partial charge in [-0.2, -0.15) is 0 Å². The monoisotopic (exact) mass is 447 g/mol. The van der Waals surface area contributed by atoms with Crippen LogP contribution >= 0.6 is 15.9 Å². The number of carbonyl (C=O) groups excluding carboxylic acids is 2. The van der Waals surface area contributed by atoms with E-state index in [9.17, 15) is 9.59 Å². The zero-order chi connectivity index (χ0) is 20.5. The fourth-order valence-corrected chi connectivity index (χ4v) is 2.81. The normalized spacial score (nSPS) is 10.8. The van der Waals surface area contributed by atoms with Crippen molar-refractivity contribution in [1.82, 2.24) is 10.3 Å². The highest BCUT2D eigenvalue weighted by molar-refractivity contribution is 9.09. The fraction of sp³-hybridized carbons (Fsp3) is 0.381. The van der Waals surface area contributed by atoms with Gasteiger partial charge in [0.05, 0.1) is 12.2 Å². The maximum absolute atomic E-state index is 12.9. The van der Waals surface area contributed by atoms with Gasteiger partial charge in [0.25, 0.3) is 11.8 Å². The third-order valence-corrected chi connectivity index (χ3v) is 4.35. The lowest BCUT2D eigenvalue weighted by Gasteiger charge is -2.14. The lowest BCUT2D eigenvalue weighted by molar-refractivity contribution is 0.0931. The molecule has 28 heavy (non-hydrogen) atoms. The number of halogens is 1. The molecule has 2 amide bonds. The third kappa shape index (κ3) is 6.42. The number of hydrogen-bond acceptors (Lipinski definition) is 4. The van der Waals surface area contributed by atoms with E-state index in [2.05, 4.69) is 31.5 Å². The third-order valence-electron chi connectivity index (χ3n) is 4.02. The number of anilines is 1. The molecule has 1 aromatic carbocycles. The van der Waals surface area contributed by atoms with Crippen LogP contribution in [0, 0.1) is 12.8 Å². The number of aromatic nitrogens is 1. The number of aryl methyl sites for hydroxylation is 1. The fourth-order valence-electron chi connectivity index (χ4n) is 2.58. The van der Waals surface area contributed by atoms with Crippen molar-refractivity contribution in [3.05, 3.63) is 58.9 Å². The maximum atomic E-state index is 12.9. The Morgan fingerprint density at radius 2 is 1.89 bits per heavy atom. The number of carbonyl (C=O) groups is 2. The Morgan fingerprint density at radius 1 is 1.14 bits per heavy atom. The molecular weight excluding hydrogens is 422 g/mol. The summed E-state index contributed by atoms with van der Waals surface area (Å²) in [5, 5.41) is 5.74. The van der Waals surface area contributed by atoms with Crippen LogP contribution in [0.2, 0.25) is 0 Å². The van der Waals surface area contributed by atoms with Crippen LogP contribution in [0.4, 0.5) is 5.69 Å². The Balaban J connectivity index is 2.22. The Hall–Kier alpha value is -2.25. The van der Waals surface area contributed by atoms with Crippen LogP contribution in [0.15, 0.2) is 36.4 Å². The minimum atomic E-state index is -0.365. The Kier molecular flexibility index (Phi) is 8.60. The van der Waals surface area contributed by atoms with E-state index >= 15 is 0 Å². The van der Waals surface area contributed by atoms with Crippen LogP contribution in [0.1, 0.15) is 46.0 Å². The van der Waals surface area contributed by atoms with Gasteiger partial charge in [-0.3, -0.25) is 9.59 Å². The minimum Gasteiger partial charge on any atom is -0.370 e. The maximum Gasteiger partial charge on any atom is 0.270 e. The molecule has 0 atom stereocenters. The summed E-state index contributed by atoms with van der Waals surface area (Å²) < 4.78 is 5.33. The van der Waals surface area contributed by atoms with Crippen LogP contribution in [0.3, 0.4) is 0 Å². The van der Waals surface area contributed by atoms with Gasteiger partial charge in [-0.25, -0.2) is 4.98 Å². The molecule has 150 valence electrons. The quantitative estimate of drug-likeness (QED) is 0.450. The molecule has 0 aliphatic rings. The molecule has 0 spiro atoms. The second kappa shape index (κ2) is 10.9. The molecule has 0 aliphatic heterocycles. The predicted molar refractivity (Wildman–Crippen MR) is 114 cm³/mol. The summed E-state index contributed by atoms with van der Waals surface area (Å²) >= 11 is 3.22. The SMILES string of the molecule is Cc1ccc(C(=O)Nc2ccccc2CCOCBr)c(C(=O)NCC(C)C)n1. The first-order valence-electron chi connectivity index (χ1n) is 9.21. The zero-order valence-electron chi connectivity index (χ0n) is 16.4. The van der Waals surface area contributed by atoms with Crippen molar-refractivity contribution in [3.63, 3.8) is 0 Å². The number of hydrogen-bond donors (Lipinski definition) is 2. The van der Waals surface area contributed by atoms with Gasteiger partial charge in [-0.1, -0.05) is 48.0 Å². The molecule has 7 heteroatoms. The molecule has 2 aromatic rings. The number of nitrogens with zero attached hydrogens (tertiary/aromatic N) is 1. The molecule has 0 unspecified atom stereocenters. The van der Waals surface area contributed by atoms with Crippen molar-refractivity contribution < 1.29 is 14.3 Å². The van der Waals surface area contributed by atoms with Crippen molar-refractivity contribution in [2.75, 3.05) is 24.0 Å². The van der Waals surface area contributed by atoms with Gasteiger partial charge in [0.15, 0.2) is 0 Å². The number of pyridine rings is 1. The molecule has 0 aliphatic carbocycles. The molecule has 1 heterocycles. The Morgan fingerprint density at radius 3 is 2.61 bits per heavy atom. The first-order valence-corrected chi connectivity index (χ1v) is 10.3. The largest absolute Gasteiger partial charge is 0.370 e. The average molecular weight is 448 g/mol. The topological polar surface area (TPSA) is 80.3 Å². The highest BCUT2D eigenvalue weighted by Crippen LogP contribution is 2.18. The molecule has 2 N–H and O–H groups in total. The average Bonchev–Trinajstić information content (AvgIpc) is 2.67. The number of alkyl halides is 1. The van der Waals surface area contributed by atoms with Crippen LogP contribution in [0.25, 0.3) is 0 Å². The van der Waals surface area contributed by atoms with Crippen LogP contribution in [0.5, 0.6) is 0 Å². The van der Waals surface area contributed by atoms with Crippen molar-refractivity contribution >= 4 is 33.4 Å². The van der Waals surface area contributed by atoms with Crippen LogP contribution < -0.4 is 10.6 Å². The first-order chi connectivity index (χ1) is 13.4. The first kappa shape index (κ1) is 22.0. The summed E-state index contributed by atoms with van der Waals surface area (Å²) in [4.78, 5) is 29.7.